The normalized spacial score (nSPS) is 16.8. The van der Waals surface area contributed by atoms with Crippen LogP contribution in [0.15, 0.2) is 23.3 Å². The van der Waals surface area contributed by atoms with Crippen LogP contribution >= 0.6 is 0 Å². The number of allylic oxidation sites excluding steroid dienone is 3. The predicted molar refractivity (Wildman–Crippen MR) is 56.9 cm³/mol. The number of hydrogen-bond donors (Lipinski definition) is 1. The topological polar surface area (TPSA) is 37.3 Å². The van der Waals surface area contributed by atoms with Crippen molar-refractivity contribution in [3.63, 3.8) is 0 Å². The minimum absolute atomic E-state index is 3.22. The first-order valence-corrected chi connectivity index (χ1v) is 6.14. The van der Waals surface area contributed by atoms with Crippen molar-refractivity contribution in [2.45, 2.75) is 35.8 Å². The molecule has 0 saturated heterocycles. The average molecular weight is 488 g/mol. The van der Waals surface area contributed by atoms with Gasteiger partial charge >= 0.3 is 41.8 Å². The van der Waals surface area contributed by atoms with Gasteiger partial charge in [0.25, 0.3) is 0 Å². The number of rotatable bonds is 7. The number of alkyl halides is 13. The Morgan fingerprint density at radius 3 is 1.13 bits per heavy atom. The van der Waals surface area contributed by atoms with Gasteiger partial charge in [0, 0.05) is 0 Å². The van der Waals surface area contributed by atoms with E-state index >= 15 is 0 Å². The summed E-state index contributed by atoms with van der Waals surface area (Å²) in [7, 11) is 0. The van der Waals surface area contributed by atoms with E-state index in [9.17, 15) is 79.4 Å². The van der Waals surface area contributed by atoms with Crippen LogP contribution in [0.1, 0.15) is 0 Å². The minimum atomic E-state index is -8.52. The Hall–Kier alpha value is -2.24. The highest BCUT2D eigenvalue weighted by molar-refractivity contribution is 5.85. The molecule has 0 aliphatic carbocycles. The van der Waals surface area contributed by atoms with Gasteiger partial charge in [-0.25, -0.2) is 18.0 Å². The lowest BCUT2D eigenvalue weighted by atomic mass is 9.93. The highest BCUT2D eigenvalue weighted by Gasteiger charge is 2.91. The maximum atomic E-state index is 13.2. The number of halogens is 17. The van der Waals surface area contributed by atoms with Crippen LogP contribution in [0.5, 0.6) is 0 Å². The second-order valence-electron chi connectivity index (χ2n) is 4.93. The molecule has 0 aromatic carbocycles. The van der Waals surface area contributed by atoms with Crippen LogP contribution in [-0.2, 0) is 4.79 Å². The molecule has 0 spiro atoms. The van der Waals surface area contributed by atoms with Crippen molar-refractivity contribution < 1.29 is 84.5 Å². The molecule has 0 aliphatic heterocycles. The number of carboxylic acids is 1. The molecule has 0 radical (unpaired) electrons. The smallest absolute Gasteiger partial charge is 0.460 e. The van der Waals surface area contributed by atoms with E-state index in [1.807, 2.05) is 0 Å². The van der Waals surface area contributed by atoms with Crippen molar-refractivity contribution in [1.82, 2.24) is 0 Å². The molecule has 0 heterocycles. The highest BCUT2D eigenvalue weighted by atomic mass is 19.4. The number of carboxylic acid groups (broad SMARTS) is 1. The molecular formula is C11HF17O2. The Morgan fingerprint density at radius 2 is 0.833 bits per heavy atom. The van der Waals surface area contributed by atoms with Gasteiger partial charge in [-0.15, -0.1) is 0 Å². The van der Waals surface area contributed by atoms with E-state index in [0.29, 0.717) is 0 Å². The van der Waals surface area contributed by atoms with Crippen LogP contribution in [0.25, 0.3) is 0 Å². The summed E-state index contributed by atoms with van der Waals surface area (Å²) in [6.45, 7) is 0. The van der Waals surface area contributed by atoms with Gasteiger partial charge in [0.1, 0.15) is 0 Å². The lowest BCUT2D eigenvalue weighted by molar-refractivity contribution is -0.437. The van der Waals surface area contributed by atoms with Crippen LogP contribution in [0.4, 0.5) is 74.6 Å². The zero-order chi connectivity index (χ0) is 24.9. The molecule has 0 aromatic heterocycles. The van der Waals surface area contributed by atoms with Gasteiger partial charge in [-0.05, 0) is 0 Å². The number of aliphatic carboxylic acids is 1. The molecule has 0 amide bonds. The standard InChI is InChI=1S/C11HF17O2/c12-1(3(14)5(29)30)2(13)4(15)6(16,17)7(18,19)8(20,21)9(22,23)10(24,25)11(26,27)28/h(H,29,30)/b3-1+,4-2+. The summed E-state index contributed by atoms with van der Waals surface area (Å²) >= 11 is 0. The maximum absolute atomic E-state index is 13.2. The molecule has 0 bridgehead atoms. The summed E-state index contributed by atoms with van der Waals surface area (Å²) in [4.78, 5) is 9.88. The quantitative estimate of drug-likeness (QED) is 0.267. The van der Waals surface area contributed by atoms with E-state index in [4.69, 9.17) is 5.11 Å². The zero-order valence-electron chi connectivity index (χ0n) is 12.8. The van der Waals surface area contributed by atoms with Crippen LogP contribution in [-0.4, -0.2) is 46.9 Å². The molecular weight excluding hydrogens is 487 g/mol. The number of hydrogen-bond acceptors (Lipinski definition) is 1. The lowest BCUT2D eigenvalue weighted by Gasteiger charge is -2.39. The first-order valence-electron chi connectivity index (χ1n) is 6.14. The van der Waals surface area contributed by atoms with E-state index in [0.717, 1.165) is 0 Å². The lowest BCUT2D eigenvalue weighted by Crippen LogP contribution is -2.70. The van der Waals surface area contributed by atoms with Crippen LogP contribution in [0.2, 0.25) is 0 Å². The average Bonchev–Trinajstić information content (AvgIpc) is 2.56. The minimum Gasteiger partial charge on any atom is -0.476 e. The van der Waals surface area contributed by atoms with Crippen LogP contribution in [0.3, 0.4) is 0 Å². The molecule has 0 rings (SSSR count). The summed E-state index contributed by atoms with van der Waals surface area (Å²) in [5.41, 5.74) is 0. The summed E-state index contributed by atoms with van der Waals surface area (Å²) in [5, 5.41) is 7.82. The fourth-order valence-corrected chi connectivity index (χ4v) is 1.33. The Balaban J connectivity index is 6.82. The zero-order valence-corrected chi connectivity index (χ0v) is 12.8. The molecule has 0 atom stereocenters. The maximum Gasteiger partial charge on any atom is 0.460 e. The third kappa shape index (κ3) is 3.77. The van der Waals surface area contributed by atoms with Crippen molar-refractivity contribution in [2.75, 3.05) is 0 Å². The predicted octanol–water partition coefficient (Wildman–Crippen LogP) is 6.11. The molecule has 0 fully saturated rings. The van der Waals surface area contributed by atoms with E-state index in [1.165, 1.54) is 0 Å². The highest BCUT2D eigenvalue weighted by Crippen LogP contribution is 2.61. The molecule has 0 aliphatic rings. The first-order chi connectivity index (χ1) is 12.8. The third-order valence-corrected chi connectivity index (χ3v) is 2.97. The molecule has 176 valence electrons. The molecule has 0 unspecified atom stereocenters. The first kappa shape index (κ1) is 27.8. The van der Waals surface area contributed by atoms with Gasteiger partial charge in [-0.3, -0.25) is 0 Å². The third-order valence-electron chi connectivity index (χ3n) is 2.97. The molecule has 2 nitrogen and oxygen atoms in total. The summed E-state index contributed by atoms with van der Waals surface area (Å²) < 4.78 is 216. The molecule has 1 N–H and O–H groups in total. The fourth-order valence-electron chi connectivity index (χ4n) is 1.33. The van der Waals surface area contributed by atoms with E-state index in [2.05, 4.69) is 0 Å². The summed E-state index contributed by atoms with van der Waals surface area (Å²) in [6, 6.07) is 0. The van der Waals surface area contributed by atoms with Gasteiger partial charge in [-0.1, -0.05) is 0 Å². The molecule has 30 heavy (non-hydrogen) atoms. The van der Waals surface area contributed by atoms with E-state index < -0.39 is 65.1 Å². The fraction of sp³-hybridized carbons (Fsp3) is 0.545. The SMILES string of the molecule is O=C(O)/C(F)=C(F)/C(F)=C(\F)C(F)(F)C(F)(F)C(F)(F)C(F)(F)C(F)(F)C(F)(F)F. The Labute approximate surface area is 151 Å². The van der Waals surface area contributed by atoms with Crippen molar-refractivity contribution in [3.8, 4) is 0 Å². The van der Waals surface area contributed by atoms with Gasteiger partial charge in [0.2, 0.25) is 17.5 Å². The largest absolute Gasteiger partial charge is 0.476 e. The van der Waals surface area contributed by atoms with E-state index in [-0.39, 0.29) is 0 Å². The van der Waals surface area contributed by atoms with Gasteiger partial charge < -0.3 is 5.11 Å². The van der Waals surface area contributed by atoms with Crippen LogP contribution < -0.4 is 0 Å². The number of carbonyl (C=O) groups is 1. The van der Waals surface area contributed by atoms with Gasteiger partial charge in [0.15, 0.2) is 5.83 Å². The van der Waals surface area contributed by atoms with Crippen molar-refractivity contribution in [1.29, 1.82) is 0 Å². The van der Waals surface area contributed by atoms with Crippen molar-refractivity contribution in [2.24, 2.45) is 0 Å². The Bertz CT molecular complexity index is 756. The van der Waals surface area contributed by atoms with Gasteiger partial charge in [-0.2, -0.15) is 61.5 Å². The van der Waals surface area contributed by atoms with Gasteiger partial charge in [0.05, 0.1) is 0 Å². The molecule has 0 saturated carbocycles. The summed E-state index contributed by atoms with van der Waals surface area (Å²) in [6.07, 6.45) is -7.76. The molecule has 19 heteroatoms. The van der Waals surface area contributed by atoms with Crippen molar-refractivity contribution in [3.05, 3.63) is 23.3 Å². The van der Waals surface area contributed by atoms with Crippen LogP contribution in [0, 0.1) is 0 Å². The monoisotopic (exact) mass is 488 g/mol. The van der Waals surface area contributed by atoms with Crippen molar-refractivity contribution >= 4 is 5.97 Å². The Kier molecular flexibility index (Phi) is 6.91. The molecule has 0 aromatic rings. The second-order valence-corrected chi connectivity index (χ2v) is 4.93. The summed E-state index contributed by atoms with van der Waals surface area (Å²) in [5.74, 6) is -61.3. The Morgan fingerprint density at radius 1 is 0.500 bits per heavy atom. The second kappa shape index (κ2) is 7.47. The van der Waals surface area contributed by atoms with E-state index in [1.54, 1.807) is 0 Å².